The van der Waals surface area contributed by atoms with E-state index in [0.717, 1.165) is 10.1 Å². The zero-order valence-corrected chi connectivity index (χ0v) is 13.3. The number of hydrogen-bond acceptors (Lipinski definition) is 4. The van der Waals surface area contributed by atoms with Crippen LogP contribution in [0.5, 0.6) is 0 Å². The van der Waals surface area contributed by atoms with Crippen molar-refractivity contribution >= 4 is 39.0 Å². The number of hydrogen-bond donors (Lipinski definition) is 1. The number of ether oxygens (including phenoxy) is 1. The number of anilines is 1. The molecule has 0 radical (unpaired) electrons. The summed E-state index contributed by atoms with van der Waals surface area (Å²) in [7, 11) is 0. The van der Waals surface area contributed by atoms with E-state index in [1.807, 2.05) is 42.5 Å². The second-order valence-electron chi connectivity index (χ2n) is 5.05. The zero-order valence-electron chi connectivity index (χ0n) is 12.5. The van der Waals surface area contributed by atoms with Gasteiger partial charge in [-0.05, 0) is 36.6 Å². The Morgan fingerprint density at radius 3 is 2.48 bits per heavy atom. The molecule has 0 saturated carbocycles. The van der Waals surface area contributed by atoms with Crippen molar-refractivity contribution in [2.24, 2.45) is 0 Å². The SMILES string of the molecule is C[C@H](OC(=O)c1cc2ccccc2s1)C(=O)Nc1ccccc1. The summed E-state index contributed by atoms with van der Waals surface area (Å²) in [6.45, 7) is 1.56. The second-order valence-corrected chi connectivity index (χ2v) is 6.14. The van der Waals surface area contributed by atoms with Crippen LogP contribution in [-0.4, -0.2) is 18.0 Å². The van der Waals surface area contributed by atoms with E-state index in [1.165, 1.54) is 11.3 Å². The molecule has 0 aliphatic carbocycles. The fourth-order valence-electron chi connectivity index (χ4n) is 2.12. The Morgan fingerprint density at radius 1 is 1.04 bits per heavy atom. The molecule has 0 saturated heterocycles. The highest BCUT2D eigenvalue weighted by Gasteiger charge is 2.20. The van der Waals surface area contributed by atoms with Crippen LogP contribution >= 0.6 is 11.3 Å². The predicted octanol–water partition coefficient (Wildman–Crippen LogP) is 4.09. The molecule has 1 N–H and O–H groups in total. The molecular formula is C18H15NO3S. The number of para-hydroxylation sites is 1. The number of rotatable bonds is 4. The molecular weight excluding hydrogens is 310 g/mol. The van der Waals surface area contributed by atoms with Crippen LogP contribution in [0.3, 0.4) is 0 Å². The smallest absolute Gasteiger partial charge is 0.349 e. The Balaban J connectivity index is 1.65. The first-order valence-corrected chi connectivity index (χ1v) is 8.00. The van der Waals surface area contributed by atoms with E-state index in [-0.39, 0.29) is 5.91 Å². The molecule has 0 aliphatic rings. The lowest BCUT2D eigenvalue weighted by atomic mass is 10.2. The molecule has 5 heteroatoms. The van der Waals surface area contributed by atoms with Crippen LogP contribution in [0.1, 0.15) is 16.6 Å². The zero-order chi connectivity index (χ0) is 16.2. The van der Waals surface area contributed by atoms with E-state index in [2.05, 4.69) is 5.32 Å². The lowest BCUT2D eigenvalue weighted by Gasteiger charge is -2.12. The van der Waals surface area contributed by atoms with Crippen molar-refractivity contribution in [2.75, 3.05) is 5.32 Å². The van der Waals surface area contributed by atoms with Crippen LogP contribution in [0.25, 0.3) is 10.1 Å². The minimum atomic E-state index is -0.868. The van der Waals surface area contributed by atoms with Gasteiger partial charge >= 0.3 is 5.97 Å². The predicted molar refractivity (Wildman–Crippen MR) is 91.8 cm³/mol. The molecule has 0 bridgehead atoms. The minimum absolute atomic E-state index is 0.356. The fraction of sp³-hybridized carbons (Fsp3) is 0.111. The van der Waals surface area contributed by atoms with Crippen molar-refractivity contribution in [3.05, 3.63) is 65.5 Å². The summed E-state index contributed by atoms with van der Waals surface area (Å²) >= 11 is 1.36. The maximum absolute atomic E-state index is 12.2. The van der Waals surface area contributed by atoms with Crippen molar-refractivity contribution in [3.63, 3.8) is 0 Å². The van der Waals surface area contributed by atoms with E-state index >= 15 is 0 Å². The molecule has 0 unspecified atom stereocenters. The van der Waals surface area contributed by atoms with E-state index in [1.54, 1.807) is 25.1 Å². The highest BCUT2D eigenvalue weighted by molar-refractivity contribution is 7.20. The van der Waals surface area contributed by atoms with Gasteiger partial charge in [-0.2, -0.15) is 0 Å². The van der Waals surface area contributed by atoms with Crippen LogP contribution < -0.4 is 5.32 Å². The largest absolute Gasteiger partial charge is 0.448 e. The Kier molecular flexibility index (Phi) is 4.39. The Morgan fingerprint density at radius 2 is 1.74 bits per heavy atom. The van der Waals surface area contributed by atoms with Crippen molar-refractivity contribution in [1.82, 2.24) is 0 Å². The molecule has 1 atom stereocenters. The van der Waals surface area contributed by atoms with Gasteiger partial charge in [-0.25, -0.2) is 4.79 Å². The van der Waals surface area contributed by atoms with E-state index in [4.69, 9.17) is 4.74 Å². The topological polar surface area (TPSA) is 55.4 Å². The third-order valence-electron chi connectivity index (χ3n) is 3.32. The van der Waals surface area contributed by atoms with Gasteiger partial charge in [-0.15, -0.1) is 11.3 Å². The number of benzene rings is 2. The van der Waals surface area contributed by atoms with E-state index in [0.29, 0.717) is 10.6 Å². The average Bonchev–Trinajstić information content (AvgIpc) is 3.00. The van der Waals surface area contributed by atoms with Gasteiger partial charge in [0.05, 0.1) is 0 Å². The number of nitrogens with one attached hydrogen (secondary N) is 1. The lowest BCUT2D eigenvalue weighted by molar-refractivity contribution is -0.123. The monoisotopic (exact) mass is 325 g/mol. The number of thiophene rings is 1. The molecule has 4 nitrogen and oxygen atoms in total. The summed E-state index contributed by atoms with van der Waals surface area (Å²) in [5, 5.41) is 3.70. The highest BCUT2D eigenvalue weighted by atomic mass is 32.1. The van der Waals surface area contributed by atoms with Gasteiger partial charge in [0.15, 0.2) is 6.10 Å². The number of carbonyl (C=O) groups is 2. The van der Waals surface area contributed by atoms with E-state index in [9.17, 15) is 9.59 Å². The summed E-state index contributed by atoms with van der Waals surface area (Å²) in [5.41, 5.74) is 0.669. The van der Waals surface area contributed by atoms with Crippen molar-refractivity contribution in [2.45, 2.75) is 13.0 Å². The summed E-state index contributed by atoms with van der Waals surface area (Å²) in [5.74, 6) is -0.840. The molecule has 1 heterocycles. The molecule has 3 aromatic rings. The molecule has 3 rings (SSSR count). The van der Waals surface area contributed by atoms with Gasteiger partial charge in [0, 0.05) is 10.4 Å². The van der Waals surface area contributed by atoms with Gasteiger partial charge in [0.2, 0.25) is 0 Å². The molecule has 2 aromatic carbocycles. The first-order chi connectivity index (χ1) is 11.1. The normalized spacial score (nSPS) is 11.9. The van der Waals surface area contributed by atoms with Gasteiger partial charge in [-0.3, -0.25) is 4.79 Å². The summed E-state index contributed by atoms with van der Waals surface area (Å²) < 4.78 is 6.27. The fourth-order valence-corrected chi connectivity index (χ4v) is 3.07. The van der Waals surface area contributed by atoms with Crippen molar-refractivity contribution in [1.29, 1.82) is 0 Å². The third-order valence-corrected chi connectivity index (χ3v) is 4.42. The third kappa shape index (κ3) is 3.57. The van der Waals surface area contributed by atoms with E-state index < -0.39 is 12.1 Å². The molecule has 0 spiro atoms. The molecule has 1 amide bonds. The first-order valence-electron chi connectivity index (χ1n) is 7.19. The average molecular weight is 325 g/mol. The number of amides is 1. The first kappa shape index (κ1) is 15.2. The summed E-state index contributed by atoms with van der Waals surface area (Å²) in [4.78, 5) is 24.7. The van der Waals surface area contributed by atoms with Crippen LogP contribution in [0.15, 0.2) is 60.7 Å². The maximum Gasteiger partial charge on any atom is 0.349 e. The standard InChI is InChI=1S/C18H15NO3S/c1-12(17(20)19-14-8-3-2-4-9-14)22-18(21)16-11-13-7-5-6-10-15(13)23-16/h2-12H,1H3,(H,19,20)/t12-/m0/s1. The van der Waals surface area contributed by atoms with Gasteiger partial charge < -0.3 is 10.1 Å². The number of fused-ring (bicyclic) bond motifs is 1. The van der Waals surface area contributed by atoms with Crippen molar-refractivity contribution < 1.29 is 14.3 Å². The van der Waals surface area contributed by atoms with Crippen LogP contribution in [0, 0.1) is 0 Å². The minimum Gasteiger partial charge on any atom is -0.448 e. The van der Waals surface area contributed by atoms with Crippen LogP contribution in [-0.2, 0) is 9.53 Å². The highest BCUT2D eigenvalue weighted by Crippen LogP contribution is 2.26. The number of carbonyl (C=O) groups excluding carboxylic acids is 2. The Bertz CT molecular complexity index is 809. The van der Waals surface area contributed by atoms with Gasteiger partial charge in [0.1, 0.15) is 4.88 Å². The molecule has 0 aliphatic heterocycles. The quantitative estimate of drug-likeness (QED) is 0.735. The molecule has 116 valence electrons. The van der Waals surface area contributed by atoms with Crippen LogP contribution in [0.4, 0.5) is 5.69 Å². The summed E-state index contributed by atoms with van der Waals surface area (Å²) in [6, 6.07) is 18.6. The van der Waals surface area contributed by atoms with Crippen LogP contribution in [0.2, 0.25) is 0 Å². The van der Waals surface area contributed by atoms with Crippen molar-refractivity contribution in [3.8, 4) is 0 Å². The maximum atomic E-state index is 12.2. The molecule has 23 heavy (non-hydrogen) atoms. The summed E-state index contributed by atoms with van der Waals surface area (Å²) in [6.07, 6.45) is -0.868. The molecule has 1 aromatic heterocycles. The number of esters is 1. The second kappa shape index (κ2) is 6.62. The lowest BCUT2D eigenvalue weighted by Crippen LogP contribution is -2.29. The molecule has 0 fully saturated rings. The Hall–Kier alpha value is -2.66. The van der Waals surface area contributed by atoms with Gasteiger partial charge in [-0.1, -0.05) is 36.4 Å². The Labute approximate surface area is 137 Å². The van der Waals surface area contributed by atoms with Gasteiger partial charge in [0.25, 0.3) is 5.91 Å².